The van der Waals surface area contributed by atoms with Gasteiger partial charge in [-0.25, -0.2) is 0 Å². The highest BCUT2D eigenvalue weighted by Gasteiger charge is 2.38. The molecule has 0 fully saturated rings. The predicted molar refractivity (Wildman–Crippen MR) is 47.2 cm³/mol. The summed E-state index contributed by atoms with van der Waals surface area (Å²) in [5.74, 6) is 0. The van der Waals surface area contributed by atoms with Crippen LogP contribution in [0, 0.1) is 0 Å². The molecule has 0 aromatic carbocycles. The Morgan fingerprint density at radius 3 is 2.75 bits per heavy atom. The first-order valence-corrected chi connectivity index (χ1v) is 4.16. The zero-order valence-electron chi connectivity index (χ0n) is 8.18. The normalized spacial score (nSPS) is 13.3. The first kappa shape index (κ1) is 12.3. The lowest BCUT2D eigenvalue weighted by atomic mass is 10.1. The van der Waals surface area contributed by atoms with Crippen LogP contribution < -0.4 is 0 Å². The fraction of sp³-hybridized carbons (Fsp3) is 0.571. The Labute approximate surface area is 87.9 Å². The maximum absolute atomic E-state index is 12.5. The minimum atomic E-state index is -4.64. The summed E-state index contributed by atoms with van der Waals surface area (Å²) < 4.78 is 38.5. The van der Waals surface area contributed by atoms with Crippen LogP contribution in [0.2, 0.25) is 0 Å². The third-order valence-electron chi connectivity index (χ3n) is 1.85. The number of aliphatic hydroxyl groups is 1. The maximum Gasteiger partial charge on any atom is 0.435 e. The molecule has 88 valence electrons. The monoisotopic (exact) mass is 235 g/mol. The lowest BCUT2D eigenvalue weighted by Crippen LogP contribution is -2.12. The van der Waals surface area contributed by atoms with E-state index in [0.29, 0.717) is 0 Å². The van der Waals surface area contributed by atoms with E-state index < -0.39 is 24.5 Å². The van der Waals surface area contributed by atoms with Crippen molar-refractivity contribution in [3.63, 3.8) is 0 Å². The molecule has 1 rings (SSSR count). The summed E-state index contributed by atoms with van der Waals surface area (Å²) in [5.41, 5.74) is 6.68. The van der Waals surface area contributed by atoms with Gasteiger partial charge in [0.2, 0.25) is 0 Å². The lowest BCUT2D eigenvalue weighted by molar-refractivity contribution is -0.142. The quantitative estimate of drug-likeness (QED) is 0.491. The molecule has 0 radical (unpaired) electrons. The first-order valence-electron chi connectivity index (χ1n) is 4.16. The molecule has 0 aliphatic heterocycles. The Hall–Kier alpha value is -1.73. The summed E-state index contributed by atoms with van der Waals surface area (Å²) in [5, 5.41) is 15.1. The molecule has 0 bridgehead atoms. The molecule has 1 N–H and O–H groups in total. The number of aromatic nitrogens is 2. The predicted octanol–water partition coefficient (Wildman–Crippen LogP) is 1.78. The average Bonchev–Trinajstić information content (AvgIpc) is 2.56. The fourth-order valence-electron chi connectivity index (χ4n) is 1.23. The maximum atomic E-state index is 12.5. The van der Waals surface area contributed by atoms with E-state index in [1.807, 2.05) is 0 Å². The number of hydrogen-bond acceptors (Lipinski definition) is 3. The van der Waals surface area contributed by atoms with E-state index in [4.69, 9.17) is 10.6 Å². The average molecular weight is 235 g/mol. The SMILES string of the molecule is Cn1cc(C(CO)N=[N+]=[N-])c(C(F)(F)F)n1. The molecule has 6 nitrogen and oxygen atoms in total. The molecule has 1 unspecified atom stereocenters. The third kappa shape index (κ3) is 2.44. The van der Waals surface area contributed by atoms with E-state index in [1.165, 1.54) is 7.05 Å². The number of halogens is 3. The number of nitrogens with zero attached hydrogens (tertiary/aromatic N) is 5. The topological polar surface area (TPSA) is 86.8 Å². The van der Waals surface area contributed by atoms with Gasteiger partial charge in [0.25, 0.3) is 0 Å². The highest BCUT2D eigenvalue weighted by molar-refractivity contribution is 5.24. The highest BCUT2D eigenvalue weighted by Crippen LogP contribution is 2.34. The van der Waals surface area contributed by atoms with Crippen LogP contribution >= 0.6 is 0 Å². The van der Waals surface area contributed by atoms with Crippen LogP contribution in [0.3, 0.4) is 0 Å². The zero-order valence-corrected chi connectivity index (χ0v) is 8.18. The van der Waals surface area contributed by atoms with Gasteiger partial charge in [0, 0.05) is 23.7 Å². The number of azide groups is 1. The summed E-state index contributed by atoms with van der Waals surface area (Å²) >= 11 is 0. The minimum Gasteiger partial charge on any atom is -0.396 e. The fourth-order valence-corrected chi connectivity index (χ4v) is 1.23. The Bertz CT molecular complexity index is 420. The van der Waals surface area contributed by atoms with Crippen LogP contribution in [0.5, 0.6) is 0 Å². The van der Waals surface area contributed by atoms with Crippen molar-refractivity contribution in [1.82, 2.24) is 9.78 Å². The van der Waals surface area contributed by atoms with Gasteiger partial charge in [-0.3, -0.25) is 4.68 Å². The number of rotatable bonds is 3. The van der Waals surface area contributed by atoms with Gasteiger partial charge in [-0.1, -0.05) is 5.11 Å². The second kappa shape index (κ2) is 4.42. The molecule has 16 heavy (non-hydrogen) atoms. The second-order valence-electron chi connectivity index (χ2n) is 3.01. The van der Waals surface area contributed by atoms with E-state index >= 15 is 0 Å². The molecule has 0 saturated heterocycles. The Balaban J connectivity index is 3.26. The molecule has 1 aromatic heterocycles. The van der Waals surface area contributed by atoms with Gasteiger partial charge < -0.3 is 5.11 Å². The van der Waals surface area contributed by atoms with Crippen molar-refractivity contribution in [3.8, 4) is 0 Å². The number of aliphatic hydroxyl groups excluding tert-OH is 1. The summed E-state index contributed by atoms with van der Waals surface area (Å²) in [6.07, 6.45) is -3.58. The van der Waals surface area contributed by atoms with Crippen LogP contribution in [-0.2, 0) is 13.2 Å². The zero-order chi connectivity index (χ0) is 12.3. The van der Waals surface area contributed by atoms with E-state index in [0.717, 1.165) is 10.9 Å². The number of alkyl halides is 3. The van der Waals surface area contributed by atoms with Gasteiger partial charge in [-0.2, -0.15) is 18.3 Å². The summed E-state index contributed by atoms with van der Waals surface area (Å²) in [6.45, 7) is -0.709. The Kier molecular flexibility index (Phi) is 3.41. The number of hydrogen-bond donors (Lipinski definition) is 1. The van der Waals surface area contributed by atoms with Gasteiger partial charge in [0.1, 0.15) is 0 Å². The molecule has 1 aromatic rings. The van der Waals surface area contributed by atoms with Gasteiger partial charge in [-0.15, -0.1) is 0 Å². The molecule has 1 heterocycles. The van der Waals surface area contributed by atoms with Crippen LogP contribution in [0.4, 0.5) is 13.2 Å². The van der Waals surface area contributed by atoms with E-state index in [1.54, 1.807) is 0 Å². The van der Waals surface area contributed by atoms with Crippen molar-refractivity contribution in [1.29, 1.82) is 0 Å². The van der Waals surface area contributed by atoms with E-state index in [9.17, 15) is 13.2 Å². The van der Waals surface area contributed by atoms with Crippen molar-refractivity contribution in [2.24, 2.45) is 12.2 Å². The number of aryl methyl sites for hydroxylation is 1. The van der Waals surface area contributed by atoms with Gasteiger partial charge in [0.15, 0.2) is 5.69 Å². The van der Waals surface area contributed by atoms with Gasteiger partial charge >= 0.3 is 6.18 Å². The van der Waals surface area contributed by atoms with Crippen molar-refractivity contribution in [3.05, 3.63) is 27.9 Å². The molecule has 0 amide bonds. The summed E-state index contributed by atoms with van der Waals surface area (Å²) in [7, 11) is 1.31. The van der Waals surface area contributed by atoms with Crippen molar-refractivity contribution >= 4 is 0 Å². The van der Waals surface area contributed by atoms with Gasteiger partial charge in [-0.05, 0) is 5.53 Å². The Morgan fingerprint density at radius 1 is 1.69 bits per heavy atom. The summed E-state index contributed by atoms with van der Waals surface area (Å²) in [6, 6.07) is -1.28. The van der Waals surface area contributed by atoms with Crippen LogP contribution in [-0.4, -0.2) is 21.5 Å². The van der Waals surface area contributed by atoms with Crippen LogP contribution in [0.25, 0.3) is 10.4 Å². The standard InChI is InChI=1S/C7H8F3N5O/c1-15-2-4(5(3-16)12-14-11)6(13-15)7(8,9)10/h2,5,16H,3H2,1H3. The van der Waals surface area contributed by atoms with Crippen molar-refractivity contribution < 1.29 is 18.3 Å². The van der Waals surface area contributed by atoms with Crippen molar-refractivity contribution in [2.45, 2.75) is 12.2 Å². The highest BCUT2D eigenvalue weighted by atomic mass is 19.4. The molecular formula is C7H8F3N5O. The first-order chi connectivity index (χ1) is 7.40. The Morgan fingerprint density at radius 2 is 2.31 bits per heavy atom. The largest absolute Gasteiger partial charge is 0.435 e. The van der Waals surface area contributed by atoms with Crippen LogP contribution in [0.1, 0.15) is 17.3 Å². The molecule has 1 atom stereocenters. The summed E-state index contributed by atoms with van der Waals surface area (Å²) in [4.78, 5) is 2.38. The molecule has 0 aliphatic carbocycles. The van der Waals surface area contributed by atoms with E-state index in [-0.39, 0.29) is 5.56 Å². The van der Waals surface area contributed by atoms with Gasteiger partial charge in [0.05, 0.1) is 12.6 Å². The van der Waals surface area contributed by atoms with E-state index in [2.05, 4.69) is 15.1 Å². The van der Waals surface area contributed by atoms with Crippen molar-refractivity contribution in [2.75, 3.05) is 6.61 Å². The molecular weight excluding hydrogens is 227 g/mol. The molecule has 9 heteroatoms. The second-order valence-corrected chi connectivity index (χ2v) is 3.01. The van der Waals surface area contributed by atoms with Crippen LogP contribution in [0.15, 0.2) is 11.3 Å². The molecule has 0 saturated carbocycles. The minimum absolute atomic E-state index is 0.338. The molecule has 0 spiro atoms. The lowest BCUT2D eigenvalue weighted by Gasteiger charge is -2.09. The smallest absolute Gasteiger partial charge is 0.396 e. The molecule has 0 aliphatic rings. The third-order valence-corrected chi connectivity index (χ3v) is 1.85.